The second-order valence-electron chi connectivity index (χ2n) is 6.75. The van der Waals surface area contributed by atoms with Crippen LogP contribution in [0.3, 0.4) is 0 Å². The summed E-state index contributed by atoms with van der Waals surface area (Å²) in [6.07, 6.45) is -0.935. The molecule has 0 aliphatic carbocycles. The van der Waals surface area contributed by atoms with Crippen molar-refractivity contribution in [1.29, 1.82) is 0 Å². The van der Waals surface area contributed by atoms with Gasteiger partial charge in [-0.1, -0.05) is 12.1 Å². The van der Waals surface area contributed by atoms with Gasteiger partial charge in [0.2, 0.25) is 0 Å². The molecule has 0 radical (unpaired) electrons. The number of aromatic nitrogens is 3. The monoisotopic (exact) mass is 387 g/mol. The molecule has 1 saturated heterocycles. The molecule has 0 atom stereocenters. The lowest BCUT2D eigenvalue weighted by molar-refractivity contribution is 0.0326. The van der Waals surface area contributed by atoms with Crippen molar-refractivity contribution in [3.8, 4) is 11.3 Å². The van der Waals surface area contributed by atoms with Crippen LogP contribution in [0.2, 0.25) is 0 Å². The lowest BCUT2D eigenvalue weighted by Gasteiger charge is -2.35. The maximum atomic E-state index is 13.0. The van der Waals surface area contributed by atoms with Crippen molar-refractivity contribution < 1.29 is 13.5 Å². The molecule has 0 spiro atoms. The van der Waals surface area contributed by atoms with Gasteiger partial charge in [-0.2, -0.15) is 5.10 Å². The molecule has 3 aromatic rings. The van der Waals surface area contributed by atoms with Crippen molar-refractivity contribution in [1.82, 2.24) is 19.5 Å². The van der Waals surface area contributed by atoms with Crippen LogP contribution in [0.15, 0.2) is 42.6 Å². The summed E-state index contributed by atoms with van der Waals surface area (Å²) in [6, 6.07) is 11.0. The van der Waals surface area contributed by atoms with Gasteiger partial charge in [-0.25, -0.2) is 18.3 Å². The summed E-state index contributed by atoms with van der Waals surface area (Å²) in [4.78, 5) is 8.92. The minimum atomic E-state index is -2.61. The van der Waals surface area contributed by atoms with E-state index in [2.05, 4.69) is 32.0 Å². The van der Waals surface area contributed by atoms with Crippen LogP contribution in [0.5, 0.6) is 0 Å². The molecule has 28 heavy (non-hydrogen) atoms. The van der Waals surface area contributed by atoms with Crippen LogP contribution in [0, 0.1) is 0 Å². The lowest BCUT2D eigenvalue weighted by Crippen LogP contribution is -2.47. The SMILES string of the molecule is CCOCN1CCN(c2cccc(-c3cnc4ccc(C(F)F)nn34)c2)CC1. The zero-order chi connectivity index (χ0) is 19.5. The minimum Gasteiger partial charge on any atom is -0.369 e. The van der Waals surface area contributed by atoms with Gasteiger partial charge in [0.05, 0.1) is 18.6 Å². The quantitative estimate of drug-likeness (QED) is 0.648. The molecular formula is C20H23F2N5O. The summed E-state index contributed by atoms with van der Waals surface area (Å²) in [6.45, 7) is 7.11. The molecule has 6 nitrogen and oxygen atoms in total. The summed E-state index contributed by atoms with van der Waals surface area (Å²) in [5.41, 5.74) is 3.01. The first-order chi connectivity index (χ1) is 13.7. The summed E-state index contributed by atoms with van der Waals surface area (Å²) < 4.78 is 33.0. The third kappa shape index (κ3) is 3.83. The molecule has 0 N–H and O–H groups in total. The number of anilines is 1. The van der Waals surface area contributed by atoms with Gasteiger partial charge in [-0.15, -0.1) is 0 Å². The van der Waals surface area contributed by atoms with Crippen LogP contribution >= 0.6 is 0 Å². The molecule has 1 fully saturated rings. The van der Waals surface area contributed by atoms with Gasteiger partial charge in [-0.05, 0) is 31.2 Å². The Bertz CT molecular complexity index is 937. The van der Waals surface area contributed by atoms with Gasteiger partial charge in [-0.3, -0.25) is 4.90 Å². The van der Waals surface area contributed by atoms with E-state index in [0.29, 0.717) is 18.1 Å². The summed E-state index contributed by atoms with van der Waals surface area (Å²) in [5, 5.41) is 4.06. The highest BCUT2D eigenvalue weighted by Gasteiger charge is 2.18. The van der Waals surface area contributed by atoms with E-state index in [4.69, 9.17) is 4.74 Å². The highest BCUT2D eigenvalue weighted by Crippen LogP contribution is 2.27. The fourth-order valence-electron chi connectivity index (χ4n) is 3.42. The second kappa shape index (κ2) is 8.20. The molecule has 8 heteroatoms. The molecule has 1 aromatic carbocycles. The van der Waals surface area contributed by atoms with E-state index in [0.717, 1.165) is 44.0 Å². The van der Waals surface area contributed by atoms with Gasteiger partial charge in [0, 0.05) is 44.0 Å². The summed E-state index contributed by atoms with van der Waals surface area (Å²) in [7, 11) is 0. The van der Waals surface area contributed by atoms with E-state index in [1.165, 1.54) is 10.6 Å². The third-order valence-electron chi connectivity index (χ3n) is 4.96. The molecule has 2 aromatic heterocycles. The van der Waals surface area contributed by atoms with Crippen LogP contribution in [0.4, 0.5) is 14.5 Å². The van der Waals surface area contributed by atoms with Crippen molar-refractivity contribution in [3.05, 3.63) is 48.3 Å². The number of halogens is 2. The Morgan fingerprint density at radius 3 is 2.68 bits per heavy atom. The second-order valence-corrected chi connectivity index (χ2v) is 6.75. The predicted octanol–water partition coefficient (Wildman–Crippen LogP) is 3.45. The Morgan fingerprint density at radius 1 is 1.11 bits per heavy atom. The highest BCUT2D eigenvalue weighted by molar-refractivity contribution is 5.68. The van der Waals surface area contributed by atoms with Crippen LogP contribution in [0.25, 0.3) is 16.9 Å². The number of hydrogen-bond acceptors (Lipinski definition) is 5. The number of imidazole rings is 1. The van der Waals surface area contributed by atoms with E-state index in [1.54, 1.807) is 12.3 Å². The van der Waals surface area contributed by atoms with Gasteiger partial charge in [0.25, 0.3) is 6.43 Å². The molecule has 148 valence electrons. The number of fused-ring (bicyclic) bond motifs is 1. The normalized spacial score (nSPS) is 15.6. The Hall–Kier alpha value is -2.58. The Morgan fingerprint density at radius 2 is 1.93 bits per heavy atom. The largest absolute Gasteiger partial charge is 0.369 e. The van der Waals surface area contributed by atoms with E-state index < -0.39 is 6.43 Å². The van der Waals surface area contributed by atoms with Crippen molar-refractivity contribution >= 4 is 11.3 Å². The standard InChI is InChI=1S/C20H23F2N5O/c1-2-28-14-25-8-10-26(11-9-25)16-5-3-4-15(12-16)18-13-23-19-7-6-17(20(21)22)24-27(18)19/h3-7,12-13,20H,2,8-11,14H2,1H3. The molecule has 0 unspecified atom stereocenters. The number of ether oxygens (including phenoxy) is 1. The van der Waals surface area contributed by atoms with Gasteiger partial charge in [0.1, 0.15) is 5.69 Å². The van der Waals surface area contributed by atoms with Crippen molar-refractivity contribution in [2.45, 2.75) is 13.3 Å². The van der Waals surface area contributed by atoms with Crippen molar-refractivity contribution in [2.75, 3.05) is 44.4 Å². The van der Waals surface area contributed by atoms with Gasteiger partial charge >= 0.3 is 0 Å². The third-order valence-corrected chi connectivity index (χ3v) is 4.96. The fraction of sp³-hybridized carbons (Fsp3) is 0.400. The van der Waals surface area contributed by atoms with Gasteiger partial charge in [0.15, 0.2) is 5.65 Å². The van der Waals surface area contributed by atoms with Crippen molar-refractivity contribution in [3.63, 3.8) is 0 Å². The fourth-order valence-corrected chi connectivity index (χ4v) is 3.42. The lowest BCUT2D eigenvalue weighted by atomic mass is 10.1. The molecule has 0 saturated carbocycles. The zero-order valence-electron chi connectivity index (χ0n) is 15.8. The highest BCUT2D eigenvalue weighted by atomic mass is 19.3. The first-order valence-corrected chi connectivity index (χ1v) is 9.44. The van der Waals surface area contributed by atoms with Crippen LogP contribution in [0.1, 0.15) is 19.0 Å². The molecule has 4 rings (SSSR count). The summed E-state index contributed by atoms with van der Waals surface area (Å²) >= 11 is 0. The van der Waals surface area contributed by atoms with E-state index in [9.17, 15) is 8.78 Å². The van der Waals surface area contributed by atoms with Crippen molar-refractivity contribution in [2.24, 2.45) is 0 Å². The van der Waals surface area contributed by atoms with E-state index >= 15 is 0 Å². The minimum absolute atomic E-state index is 0.256. The number of nitrogens with zero attached hydrogens (tertiary/aromatic N) is 5. The molecule has 1 aliphatic heterocycles. The van der Waals surface area contributed by atoms with E-state index in [1.807, 2.05) is 19.1 Å². The maximum Gasteiger partial charge on any atom is 0.282 e. The van der Waals surface area contributed by atoms with Crippen LogP contribution in [-0.2, 0) is 4.74 Å². The number of rotatable bonds is 6. The number of alkyl halides is 2. The first kappa shape index (κ1) is 18.8. The molecule has 3 heterocycles. The molecule has 1 aliphatic rings. The number of benzene rings is 1. The zero-order valence-corrected chi connectivity index (χ0v) is 15.8. The topological polar surface area (TPSA) is 45.9 Å². The summed E-state index contributed by atoms with van der Waals surface area (Å²) in [5.74, 6) is 0. The number of hydrogen-bond donors (Lipinski definition) is 0. The molecular weight excluding hydrogens is 364 g/mol. The Kier molecular flexibility index (Phi) is 5.50. The average molecular weight is 387 g/mol. The average Bonchev–Trinajstić information content (AvgIpc) is 3.16. The Labute approximate surface area is 162 Å². The predicted molar refractivity (Wildman–Crippen MR) is 104 cm³/mol. The van der Waals surface area contributed by atoms with E-state index in [-0.39, 0.29) is 5.69 Å². The molecule has 0 amide bonds. The van der Waals surface area contributed by atoms with Gasteiger partial charge < -0.3 is 9.64 Å². The Balaban J connectivity index is 1.56. The van der Waals surface area contributed by atoms with Crippen LogP contribution < -0.4 is 4.90 Å². The molecule has 0 bridgehead atoms. The maximum absolute atomic E-state index is 13.0. The number of piperazine rings is 1. The van der Waals surface area contributed by atoms with Crippen LogP contribution in [-0.4, -0.2) is 59.0 Å². The smallest absolute Gasteiger partial charge is 0.282 e. The first-order valence-electron chi connectivity index (χ1n) is 9.44.